The van der Waals surface area contributed by atoms with Gasteiger partial charge < -0.3 is 25.6 Å². The maximum atomic E-state index is 13.7. The number of ether oxygens (including phenoxy) is 1. The Balaban J connectivity index is 1.49. The Hall–Kier alpha value is -3.43. The van der Waals surface area contributed by atoms with Crippen LogP contribution in [0.25, 0.3) is 0 Å². The number of nitrogens with zero attached hydrogens (tertiary/aromatic N) is 2. The molecule has 1 heterocycles. The summed E-state index contributed by atoms with van der Waals surface area (Å²) in [5.74, 6) is -1.17. The molecule has 4 rings (SSSR count). The Labute approximate surface area is 269 Å². The Morgan fingerprint density at radius 2 is 1.55 bits per heavy atom. The van der Waals surface area contributed by atoms with Crippen LogP contribution in [0.4, 0.5) is 0 Å². The van der Waals surface area contributed by atoms with E-state index >= 15 is 0 Å². The van der Waals surface area contributed by atoms with E-state index in [1.807, 2.05) is 36.4 Å². The molecule has 44 heavy (non-hydrogen) atoms. The number of hydrogen-bond acceptors (Lipinski definition) is 5. The van der Waals surface area contributed by atoms with E-state index in [9.17, 15) is 14.4 Å². The summed E-state index contributed by atoms with van der Waals surface area (Å²) in [6.45, 7) is 1.48. The number of nitrogens with two attached hydrogens (primary N) is 1. The molecular formula is C34H40Cl2N4O4. The van der Waals surface area contributed by atoms with Crippen LogP contribution >= 0.6 is 23.2 Å². The Morgan fingerprint density at radius 3 is 2.14 bits per heavy atom. The van der Waals surface area contributed by atoms with Crippen LogP contribution in [-0.4, -0.2) is 79.5 Å². The molecule has 1 aliphatic heterocycles. The lowest BCUT2D eigenvalue weighted by Gasteiger charge is -2.29. The average Bonchev–Trinajstić information content (AvgIpc) is 3.54. The first-order chi connectivity index (χ1) is 21.3. The van der Waals surface area contributed by atoms with Crippen molar-refractivity contribution in [1.82, 2.24) is 15.1 Å². The van der Waals surface area contributed by atoms with E-state index in [0.717, 1.165) is 36.1 Å². The highest BCUT2D eigenvalue weighted by Crippen LogP contribution is 2.28. The second-order valence-corrected chi connectivity index (χ2v) is 11.9. The van der Waals surface area contributed by atoms with Gasteiger partial charge in [0.1, 0.15) is 0 Å². The van der Waals surface area contributed by atoms with Gasteiger partial charge in [0.25, 0.3) is 0 Å². The van der Waals surface area contributed by atoms with Gasteiger partial charge in [-0.1, -0.05) is 89.9 Å². The fourth-order valence-corrected chi connectivity index (χ4v) is 5.96. The monoisotopic (exact) mass is 638 g/mol. The molecule has 8 nitrogen and oxygen atoms in total. The van der Waals surface area contributed by atoms with Crippen molar-refractivity contribution in [2.75, 3.05) is 45.9 Å². The third kappa shape index (κ3) is 10.3. The van der Waals surface area contributed by atoms with E-state index in [4.69, 9.17) is 33.7 Å². The predicted molar refractivity (Wildman–Crippen MR) is 174 cm³/mol. The molecule has 0 bridgehead atoms. The lowest BCUT2D eigenvalue weighted by molar-refractivity contribution is -0.141. The van der Waals surface area contributed by atoms with Gasteiger partial charge in [0.05, 0.1) is 25.7 Å². The minimum absolute atomic E-state index is 0.0245. The van der Waals surface area contributed by atoms with E-state index in [-0.39, 0.29) is 50.0 Å². The van der Waals surface area contributed by atoms with Gasteiger partial charge >= 0.3 is 0 Å². The van der Waals surface area contributed by atoms with Crippen molar-refractivity contribution in [3.8, 4) is 0 Å². The summed E-state index contributed by atoms with van der Waals surface area (Å²) >= 11 is 12.4. The van der Waals surface area contributed by atoms with Crippen LogP contribution in [-0.2, 0) is 25.5 Å². The SMILES string of the molecule is NC(=O)CN(CCc1ccc(Cl)cc1Cl)C(=O)CN(CCC(c1ccccc1)c1ccccc1)C(=O)CNCC1CCCO1. The second-order valence-electron chi connectivity index (χ2n) is 11.0. The summed E-state index contributed by atoms with van der Waals surface area (Å²) in [6, 6.07) is 25.4. The predicted octanol–water partition coefficient (Wildman–Crippen LogP) is 4.67. The van der Waals surface area contributed by atoms with Crippen LogP contribution in [0.5, 0.6) is 0 Å². The molecule has 1 fully saturated rings. The number of carbonyl (C=O) groups excluding carboxylic acids is 3. The van der Waals surface area contributed by atoms with Crippen molar-refractivity contribution in [1.29, 1.82) is 0 Å². The molecule has 0 spiro atoms. The third-order valence-electron chi connectivity index (χ3n) is 7.81. The number of nitrogens with one attached hydrogen (secondary N) is 1. The quantitative estimate of drug-likeness (QED) is 0.237. The van der Waals surface area contributed by atoms with Crippen LogP contribution in [0.15, 0.2) is 78.9 Å². The number of amides is 3. The first kappa shape index (κ1) is 33.5. The van der Waals surface area contributed by atoms with Gasteiger partial charge in [0.15, 0.2) is 0 Å². The van der Waals surface area contributed by atoms with Crippen LogP contribution in [0.3, 0.4) is 0 Å². The van der Waals surface area contributed by atoms with Crippen molar-refractivity contribution in [3.05, 3.63) is 106 Å². The molecule has 3 aromatic rings. The van der Waals surface area contributed by atoms with E-state index in [2.05, 4.69) is 29.6 Å². The largest absolute Gasteiger partial charge is 0.377 e. The van der Waals surface area contributed by atoms with Crippen LogP contribution in [0, 0.1) is 0 Å². The fraction of sp³-hybridized carbons (Fsp3) is 0.382. The summed E-state index contributed by atoms with van der Waals surface area (Å²) in [5.41, 5.74) is 8.56. The number of benzene rings is 3. The van der Waals surface area contributed by atoms with Crippen molar-refractivity contribution >= 4 is 40.9 Å². The van der Waals surface area contributed by atoms with Crippen molar-refractivity contribution in [2.45, 2.75) is 37.7 Å². The van der Waals surface area contributed by atoms with Gasteiger partial charge in [-0.25, -0.2) is 0 Å². The average molecular weight is 640 g/mol. The first-order valence-corrected chi connectivity index (χ1v) is 15.8. The molecule has 3 N–H and O–H groups in total. The van der Waals surface area contributed by atoms with Gasteiger partial charge in [-0.15, -0.1) is 0 Å². The van der Waals surface area contributed by atoms with Crippen molar-refractivity contribution in [2.24, 2.45) is 5.73 Å². The van der Waals surface area contributed by atoms with Gasteiger partial charge in [-0.05, 0) is 54.5 Å². The highest BCUT2D eigenvalue weighted by Gasteiger charge is 2.25. The third-order valence-corrected chi connectivity index (χ3v) is 8.40. The second kappa shape index (κ2) is 17.2. The van der Waals surface area contributed by atoms with Gasteiger partial charge in [0.2, 0.25) is 17.7 Å². The number of hydrogen-bond donors (Lipinski definition) is 2. The molecule has 234 valence electrons. The van der Waals surface area contributed by atoms with Gasteiger partial charge in [-0.3, -0.25) is 14.4 Å². The summed E-state index contributed by atoms with van der Waals surface area (Å²) < 4.78 is 5.67. The summed E-state index contributed by atoms with van der Waals surface area (Å²) in [4.78, 5) is 42.1. The van der Waals surface area contributed by atoms with E-state index < -0.39 is 5.91 Å². The number of carbonyl (C=O) groups is 3. The van der Waals surface area contributed by atoms with Crippen molar-refractivity contribution in [3.63, 3.8) is 0 Å². The molecular weight excluding hydrogens is 599 g/mol. The molecule has 0 aromatic heterocycles. The van der Waals surface area contributed by atoms with Crippen molar-refractivity contribution < 1.29 is 19.1 Å². The first-order valence-electron chi connectivity index (χ1n) is 15.0. The zero-order valence-electron chi connectivity index (χ0n) is 24.8. The maximum Gasteiger partial charge on any atom is 0.242 e. The zero-order valence-corrected chi connectivity index (χ0v) is 26.3. The fourth-order valence-electron chi connectivity index (χ4n) is 5.45. The molecule has 1 unspecified atom stereocenters. The molecule has 0 saturated carbocycles. The smallest absolute Gasteiger partial charge is 0.242 e. The molecule has 1 atom stereocenters. The maximum absolute atomic E-state index is 13.7. The molecule has 0 radical (unpaired) electrons. The molecule has 1 saturated heterocycles. The minimum Gasteiger partial charge on any atom is -0.377 e. The van der Waals surface area contributed by atoms with Gasteiger partial charge in [-0.2, -0.15) is 0 Å². The number of halogens is 2. The number of rotatable bonds is 16. The summed E-state index contributed by atoms with van der Waals surface area (Å²) in [6.07, 6.45) is 3.06. The highest BCUT2D eigenvalue weighted by molar-refractivity contribution is 6.35. The van der Waals surface area contributed by atoms with Crippen LogP contribution in [0.1, 0.15) is 41.9 Å². The Bertz CT molecular complexity index is 1330. The lowest BCUT2D eigenvalue weighted by atomic mass is 9.88. The van der Waals surface area contributed by atoms with Gasteiger partial charge in [0, 0.05) is 42.2 Å². The summed E-state index contributed by atoms with van der Waals surface area (Å²) in [7, 11) is 0. The normalized spacial score (nSPS) is 14.5. The molecule has 1 aliphatic rings. The van der Waals surface area contributed by atoms with E-state index in [0.29, 0.717) is 36.0 Å². The molecule has 10 heteroatoms. The molecule has 0 aliphatic carbocycles. The molecule has 3 aromatic carbocycles. The summed E-state index contributed by atoms with van der Waals surface area (Å²) in [5, 5.41) is 4.20. The van der Waals surface area contributed by atoms with E-state index in [1.54, 1.807) is 23.1 Å². The number of primary amides is 1. The van der Waals surface area contributed by atoms with Crippen LogP contribution < -0.4 is 11.1 Å². The topological polar surface area (TPSA) is 105 Å². The molecule has 3 amide bonds. The zero-order chi connectivity index (χ0) is 31.3. The standard InChI is InChI=1S/C34H40Cl2N4O4/c35-28-14-13-27(31(36)20-28)15-17-39(23-32(37)41)34(43)24-40(33(42)22-38-21-29-12-7-19-44-29)18-16-30(25-8-3-1-4-9-25)26-10-5-2-6-11-26/h1-6,8-11,13-14,20,29-30,38H,7,12,15-19,21-24H2,(H2,37,41). The lowest BCUT2D eigenvalue weighted by Crippen LogP contribution is -2.48. The Morgan fingerprint density at radius 1 is 0.886 bits per heavy atom. The van der Waals surface area contributed by atoms with E-state index in [1.165, 1.54) is 4.90 Å². The Kier molecular flexibility index (Phi) is 13.1. The highest BCUT2D eigenvalue weighted by atomic mass is 35.5. The van der Waals surface area contributed by atoms with Crippen LogP contribution in [0.2, 0.25) is 10.0 Å². The minimum atomic E-state index is -0.634.